The third-order valence-electron chi connectivity index (χ3n) is 5.05. The summed E-state index contributed by atoms with van der Waals surface area (Å²) in [5.41, 5.74) is 2.56. The van der Waals surface area contributed by atoms with Crippen molar-refractivity contribution in [1.29, 1.82) is 0 Å². The van der Waals surface area contributed by atoms with E-state index in [-0.39, 0.29) is 18.0 Å². The van der Waals surface area contributed by atoms with Gasteiger partial charge in [-0.1, -0.05) is 24.3 Å². The van der Waals surface area contributed by atoms with Crippen molar-refractivity contribution in [2.24, 2.45) is 5.92 Å². The predicted octanol–water partition coefficient (Wildman–Crippen LogP) is 2.73. The highest BCUT2D eigenvalue weighted by Gasteiger charge is 2.32. The van der Waals surface area contributed by atoms with Crippen molar-refractivity contribution >= 4 is 6.03 Å². The van der Waals surface area contributed by atoms with E-state index >= 15 is 0 Å². The second kappa shape index (κ2) is 7.64. The fraction of sp³-hybridized carbons (Fsp3) is 0.611. The van der Waals surface area contributed by atoms with E-state index < -0.39 is 12.7 Å². The van der Waals surface area contributed by atoms with Crippen LogP contribution in [0.15, 0.2) is 24.3 Å². The van der Waals surface area contributed by atoms with Crippen molar-refractivity contribution in [3.63, 3.8) is 0 Å². The molecule has 2 N–H and O–H groups in total. The number of likely N-dealkylation sites (tertiary alicyclic amines) is 1. The zero-order chi connectivity index (χ0) is 17.9. The number of halogens is 3. The summed E-state index contributed by atoms with van der Waals surface area (Å²) in [6.45, 7) is 0.554. The number of nitrogens with zero attached hydrogens (tertiary/aromatic N) is 1. The number of amides is 2. The Balaban J connectivity index is 1.34. The molecule has 1 aliphatic heterocycles. The highest BCUT2D eigenvalue weighted by Crippen LogP contribution is 2.23. The van der Waals surface area contributed by atoms with Gasteiger partial charge in [0.25, 0.3) is 0 Å². The molecule has 1 aromatic carbocycles. The molecule has 0 bridgehead atoms. The van der Waals surface area contributed by atoms with Gasteiger partial charge in [-0.25, -0.2) is 4.79 Å². The Morgan fingerprint density at radius 2 is 1.72 bits per heavy atom. The average Bonchev–Trinajstić information content (AvgIpc) is 2.95. The maximum Gasteiger partial charge on any atom is 0.401 e. The van der Waals surface area contributed by atoms with Crippen LogP contribution in [-0.4, -0.2) is 49.3 Å². The van der Waals surface area contributed by atoms with Gasteiger partial charge in [0, 0.05) is 12.6 Å². The normalized spacial score (nSPS) is 19.6. The lowest BCUT2D eigenvalue weighted by Gasteiger charge is -2.32. The first-order valence-electron chi connectivity index (χ1n) is 8.79. The predicted molar refractivity (Wildman–Crippen MR) is 89.4 cm³/mol. The molecule has 138 valence electrons. The number of carbonyl (C=O) groups excluding carboxylic acids is 1. The second-order valence-corrected chi connectivity index (χ2v) is 7.06. The topological polar surface area (TPSA) is 44.4 Å². The van der Waals surface area contributed by atoms with Crippen molar-refractivity contribution in [3.8, 4) is 0 Å². The molecule has 1 heterocycles. The van der Waals surface area contributed by atoms with Crippen LogP contribution in [-0.2, 0) is 12.8 Å². The van der Waals surface area contributed by atoms with Crippen LogP contribution in [0.3, 0.4) is 0 Å². The maximum atomic E-state index is 12.4. The van der Waals surface area contributed by atoms with Crippen LogP contribution >= 0.6 is 0 Å². The van der Waals surface area contributed by atoms with Crippen LogP contribution in [0.2, 0.25) is 0 Å². The first-order valence-corrected chi connectivity index (χ1v) is 8.79. The third kappa shape index (κ3) is 5.36. The van der Waals surface area contributed by atoms with Crippen LogP contribution in [0.5, 0.6) is 0 Å². The molecule has 0 saturated carbocycles. The minimum absolute atomic E-state index is 0.117. The highest BCUT2D eigenvalue weighted by molar-refractivity contribution is 5.74. The summed E-state index contributed by atoms with van der Waals surface area (Å²) in [5, 5.41) is 5.87. The van der Waals surface area contributed by atoms with Crippen molar-refractivity contribution in [2.75, 3.05) is 26.2 Å². The van der Waals surface area contributed by atoms with Crippen LogP contribution in [0, 0.1) is 5.92 Å². The number of carbonyl (C=O) groups is 1. The van der Waals surface area contributed by atoms with Crippen molar-refractivity contribution in [2.45, 2.75) is 37.9 Å². The standard InChI is InChI=1S/C18H24F3N3O/c19-18(20,21)12-24-7-5-13(6-8-24)11-22-17(25)23-16-9-14-3-1-2-4-15(14)10-16/h1-4,13,16H,5-12H2,(H2,22,23,25). The molecule has 0 atom stereocenters. The van der Waals surface area contributed by atoms with Crippen LogP contribution in [0.1, 0.15) is 24.0 Å². The van der Waals surface area contributed by atoms with E-state index in [4.69, 9.17) is 0 Å². The average molecular weight is 355 g/mol. The lowest BCUT2D eigenvalue weighted by molar-refractivity contribution is -0.148. The summed E-state index contributed by atoms with van der Waals surface area (Å²) in [6.07, 6.45) is -1.07. The number of piperidine rings is 1. The van der Waals surface area contributed by atoms with E-state index in [0.717, 1.165) is 12.8 Å². The van der Waals surface area contributed by atoms with Gasteiger partial charge in [-0.05, 0) is 55.8 Å². The minimum Gasteiger partial charge on any atom is -0.338 e. The summed E-state index contributed by atoms with van der Waals surface area (Å²) in [4.78, 5) is 13.5. The second-order valence-electron chi connectivity index (χ2n) is 7.06. The molecule has 7 heteroatoms. The molecule has 2 amide bonds. The summed E-state index contributed by atoms with van der Waals surface area (Å²) in [6, 6.07) is 8.12. The minimum atomic E-state index is -4.14. The molecule has 3 rings (SSSR count). The quantitative estimate of drug-likeness (QED) is 0.872. The zero-order valence-electron chi connectivity index (χ0n) is 14.1. The summed E-state index contributed by atoms with van der Waals surface area (Å²) < 4.78 is 37.1. The van der Waals surface area contributed by atoms with E-state index in [2.05, 4.69) is 22.8 Å². The molecule has 0 spiro atoms. The molecular weight excluding hydrogens is 331 g/mol. The molecule has 0 unspecified atom stereocenters. The number of fused-ring (bicyclic) bond motifs is 1. The van der Waals surface area contributed by atoms with Crippen molar-refractivity contribution < 1.29 is 18.0 Å². The Bertz CT molecular complexity index is 572. The van der Waals surface area contributed by atoms with E-state index in [0.29, 0.717) is 32.5 Å². The number of alkyl halides is 3. The van der Waals surface area contributed by atoms with Crippen LogP contribution in [0.25, 0.3) is 0 Å². The molecule has 4 nitrogen and oxygen atoms in total. The maximum absolute atomic E-state index is 12.4. The van der Waals surface area contributed by atoms with Gasteiger partial charge in [-0.15, -0.1) is 0 Å². The van der Waals surface area contributed by atoms with Gasteiger partial charge in [0.15, 0.2) is 0 Å². The Kier molecular flexibility index (Phi) is 5.51. The third-order valence-corrected chi connectivity index (χ3v) is 5.05. The molecule has 1 saturated heterocycles. The smallest absolute Gasteiger partial charge is 0.338 e. The first-order chi connectivity index (χ1) is 11.9. The molecule has 0 radical (unpaired) electrons. The Hall–Kier alpha value is -1.76. The first kappa shape index (κ1) is 18.0. The highest BCUT2D eigenvalue weighted by atomic mass is 19.4. The Labute approximate surface area is 145 Å². The molecule has 1 fully saturated rings. The summed E-state index contributed by atoms with van der Waals surface area (Å²) in [7, 11) is 0. The lowest BCUT2D eigenvalue weighted by Crippen LogP contribution is -2.46. The Morgan fingerprint density at radius 1 is 1.12 bits per heavy atom. The van der Waals surface area contributed by atoms with Gasteiger partial charge in [-0.3, -0.25) is 4.90 Å². The van der Waals surface area contributed by atoms with Gasteiger partial charge in [0.1, 0.15) is 0 Å². The molecular formula is C18H24F3N3O. The monoisotopic (exact) mass is 355 g/mol. The van der Waals surface area contributed by atoms with E-state index in [1.807, 2.05) is 12.1 Å². The number of nitrogens with one attached hydrogen (secondary N) is 2. The Morgan fingerprint density at radius 3 is 2.28 bits per heavy atom. The molecule has 1 aromatic rings. The van der Waals surface area contributed by atoms with Gasteiger partial charge in [0.2, 0.25) is 0 Å². The number of rotatable bonds is 4. The van der Waals surface area contributed by atoms with Gasteiger partial charge in [-0.2, -0.15) is 13.2 Å². The number of benzene rings is 1. The summed E-state index contributed by atoms with van der Waals surface area (Å²) >= 11 is 0. The number of hydrogen-bond acceptors (Lipinski definition) is 2. The van der Waals surface area contributed by atoms with E-state index in [1.165, 1.54) is 16.0 Å². The molecule has 25 heavy (non-hydrogen) atoms. The lowest BCUT2D eigenvalue weighted by atomic mass is 9.97. The zero-order valence-corrected chi connectivity index (χ0v) is 14.1. The van der Waals surface area contributed by atoms with E-state index in [1.54, 1.807) is 0 Å². The molecule has 2 aliphatic rings. The van der Waals surface area contributed by atoms with Gasteiger partial charge < -0.3 is 10.6 Å². The molecule has 0 aromatic heterocycles. The fourth-order valence-electron chi connectivity index (χ4n) is 3.74. The number of urea groups is 1. The largest absolute Gasteiger partial charge is 0.401 e. The van der Waals surface area contributed by atoms with Crippen LogP contribution < -0.4 is 10.6 Å². The SMILES string of the molecule is O=C(NCC1CCN(CC(F)(F)F)CC1)NC1Cc2ccccc2C1. The van der Waals surface area contributed by atoms with Crippen molar-refractivity contribution in [3.05, 3.63) is 35.4 Å². The van der Waals surface area contributed by atoms with Gasteiger partial charge in [0.05, 0.1) is 6.54 Å². The molecule has 1 aliphatic carbocycles. The van der Waals surface area contributed by atoms with Crippen molar-refractivity contribution in [1.82, 2.24) is 15.5 Å². The summed E-state index contributed by atoms with van der Waals surface area (Å²) in [5.74, 6) is 0.246. The van der Waals surface area contributed by atoms with E-state index in [9.17, 15) is 18.0 Å². The number of hydrogen-bond donors (Lipinski definition) is 2. The van der Waals surface area contributed by atoms with Crippen LogP contribution in [0.4, 0.5) is 18.0 Å². The van der Waals surface area contributed by atoms with Gasteiger partial charge >= 0.3 is 12.2 Å². The fourth-order valence-corrected chi connectivity index (χ4v) is 3.74.